The fraction of sp³-hybridized carbons (Fsp3) is 0.857. The van der Waals surface area contributed by atoms with Crippen molar-refractivity contribution in [1.29, 1.82) is 0 Å². The molecule has 6 nitrogen and oxygen atoms in total. The Kier molecular flexibility index (Phi) is 6.42. The van der Waals surface area contributed by atoms with Gasteiger partial charge in [-0.25, -0.2) is 0 Å². The van der Waals surface area contributed by atoms with Crippen molar-refractivity contribution in [3.8, 4) is 0 Å². The molecular formula is C14H27N3O3. The maximum atomic E-state index is 12.6. The molecule has 0 bridgehead atoms. The third-order valence-corrected chi connectivity index (χ3v) is 3.95. The molecule has 1 unspecified atom stereocenters. The first kappa shape index (κ1) is 16.9. The maximum absolute atomic E-state index is 12.6. The molecule has 116 valence electrons. The van der Waals surface area contributed by atoms with Gasteiger partial charge in [0.1, 0.15) is 0 Å². The highest BCUT2D eigenvalue weighted by Gasteiger charge is 2.43. The second-order valence-electron chi connectivity index (χ2n) is 5.37. The third kappa shape index (κ3) is 3.70. The monoisotopic (exact) mass is 285 g/mol. The maximum Gasteiger partial charge on any atom is 0.242 e. The molecular weight excluding hydrogens is 258 g/mol. The summed E-state index contributed by atoms with van der Waals surface area (Å²) in [6.45, 7) is 7.17. The zero-order valence-corrected chi connectivity index (χ0v) is 13.1. The van der Waals surface area contributed by atoms with Crippen LogP contribution < -0.4 is 5.32 Å². The summed E-state index contributed by atoms with van der Waals surface area (Å²) in [5, 5.41) is 3.21. The van der Waals surface area contributed by atoms with Crippen LogP contribution in [0.4, 0.5) is 0 Å². The van der Waals surface area contributed by atoms with E-state index in [1.54, 1.807) is 19.1 Å². The van der Waals surface area contributed by atoms with Gasteiger partial charge in [-0.1, -0.05) is 0 Å². The van der Waals surface area contributed by atoms with Crippen LogP contribution in [0, 0.1) is 5.41 Å². The fourth-order valence-corrected chi connectivity index (χ4v) is 2.74. The minimum absolute atomic E-state index is 0.00939. The number of nitrogens with zero attached hydrogens (tertiary/aromatic N) is 2. The Morgan fingerprint density at radius 3 is 2.40 bits per heavy atom. The van der Waals surface area contributed by atoms with Gasteiger partial charge in [-0.3, -0.25) is 9.59 Å². The van der Waals surface area contributed by atoms with E-state index in [0.717, 1.165) is 13.0 Å². The first-order valence-corrected chi connectivity index (χ1v) is 7.23. The molecule has 1 rings (SSSR count). The molecule has 0 aromatic carbocycles. The molecule has 1 heterocycles. The van der Waals surface area contributed by atoms with Gasteiger partial charge < -0.3 is 19.9 Å². The molecule has 20 heavy (non-hydrogen) atoms. The predicted molar refractivity (Wildman–Crippen MR) is 77.4 cm³/mol. The molecule has 0 aromatic rings. The Morgan fingerprint density at radius 2 is 1.95 bits per heavy atom. The smallest absolute Gasteiger partial charge is 0.242 e. The molecule has 0 spiro atoms. The zero-order chi connectivity index (χ0) is 15.2. The summed E-state index contributed by atoms with van der Waals surface area (Å²) in [4.78, 5) is 28.0. The van der Waals surface area contributed by atoms with Crippen LogP contribution in [0.1, 0.15) is 20.3 Å². The van der Waals surface area contributed by atoms with E-state index in [9.17, 15) is 9.59 Å². The molecule has 2 amide bonds. The van der Waals surface area contributed by atoms with Crippen molar-refractivity contribution in [1.82, 2.24) is 15.1 Å². The lowest BCUT2D eigenvalue weighted by Crippen LogP contribution is -2.49. The summed E-state index contributed by atoms with van der Waals surface area (Å²) < 4.78 is 5.21. The van der Waals surface area contributed by atoms with Gasteiger partial charge in [0.2, 0.25) is 11.8 Å². The van der Waals surface area contributed by atoms with E-state index in [-0.39, 0.29) is 18.4 Å². The second-order valence-corrected chi connectivity index (χ2v) is 5.37. The molecule has 1 saturated heterocycles. The summed E-state index contributed by atoms with van der Waals surface area (Å²) >= 11 is 0. The lowest BCUT2D eigenvalue weighted by Gasteiger charge is -2.32. The topological polar surface area (TPSA) is 61.9 Å². The van der Waals surface area contributed by atoms with Crippen LogP contribution in [0.15, 0.2) is 0 Å². The number of rotatable bonds is 7. The number of likely N-dealkylation sites (N-methyl/N-ethyl adjacent to an activating group) is 2. The molecule has 0 aromatic heterocycles. The SMILES string of the molecule is CCN(CC)C(=O)CN(C)C(=O)C1(COC)CCNC1. The summed E-state index contributed by atoms with van der Waals surface area (Å²) in [5.41, 5.74) is -0.521. The minimum atomic E-state index is -0.521. The number of hydrogen-bond acceptors (Lipinski definition) is 4. The number of carbonyl (C=O) groups is 2. The van der Waals surface area contributed by atoms with Gasteiger partial charge in [-0.05, 0) is 26.8 Å². The van der Waals surface area contributed by atoms with Crippen molar-refractivity contribution in [2.45, 2.75) is 20.3 Å². The summed E-state index contributed by atoms with van der Waals surface area (Å²) in [6, 6.07) is 0. The lowest BCUT2D eigenvalue weighted by atomic mass is 9.86. The molecule has 0 saturated carbocycles. The average molecular weight is 285 g/mol. The Balaban J connectivity index is 2.68. The van der Waals surface area contributed by atoms with E-state index in [4.69, 9.17) is 4.74 Å². The quantitative estimate of drug-likeness (QED) is 0.712. The normalized spacial score (nSPS) is 21.8. The number of carbonyl (C=O) groups excluding carboxylic acids is 2. The average Bonchev–Trinajstić information content (AvgIpc) is 2.89. The number of ether oxygens (including phenoxy) is 1. The van der Waals surface area contributed by atoms with E-state index >= 15 is 0 Å². The van der Waals surface area contributed by atoms with E-state index in [1.165, 1.54) is 4.90 Å². The molecule has 6 heteroatoms. The summed E-state index contributed by atoms with van der Waals surface area (Å²) in [6.07, 6.45) is 0.753. The predicted octanol–water partition coefficient (Wildman–Crippen LogP) is -0.0607. The molecule has 1 atom stereocenters. The van der Waals surface area contributed by atoms with Crippen molar-refractivity contribution in [2.24, 2.45) is 5.41 Å². The Bertz CT molecular complexity index is 337. The third-order valence-electron chi connectivity index (χ3n) is 3.95. The van der Waals surface area contributed by atoms with Crippen LogP contribution in [0.25, 0.3) is 0 Å². The highest BCUT2D eigenvalue weighted by atomic mass is 16.5. The van der Waals surface area contributed by atoms with Gasteiger partial charge in [0.05, 0.1) is 18.6 Å². The van der Waals surface area contributed by atoms with Crippen LogP contribution in [0.3, 0.4) is 0 Å². The van der Waals surface area contributed by atoms with Crippen molar-refractivity contribution < 1.29 is 14.3 Å². The van der Waals surface area contributed by atoms with Gasteiger partial charge in [0, 0.05) is 33.8 Å². The van der Waals surface area contributed by atoms with E-state index in [0.29, 0.717) is 26.2 Å². The number of amides is 2. The summed E-state index contributed by atoms with van der Waals surface area (Å²) in [7, 11) is 3.30. The lowest BCUT2D eigenvalue weighted by molar-refractivity contribution is -0.147. The molecule has 1 aliphatic rings. The molecule has 1 aliphatic heterocycles. The van der Waals surface area contributed by atoms with Gasteiger partial charge in [0.25, 0.3) is 0 Å². The number of nitrogens with one attached hydrogen (secondary N) is 1. The van der Waals surface area contributed by atoms with E-state index < -0.39 is 5.41 Å². The van der Waals surface area contributed by atoms with Crippen molar-refractivity contribution >= 4 is 11.8 Å². The van der Waals surface area contributed by atoms with Gasteiger partial charge in [-0.15, -0.1) is 0 Å². The zero-order valence-electron chi connectivity index (χ0n) is 13.1. The van der Waals surface area contributed by atoms with Crippen LogP contribution >= 0.6 is 0 Å². The van der Waals surface area contributed by atoms with Crippen LogP contribution in [-0.4, -0.2) is 75.1 Å². The molecule has 0 aliphatic carbocycles. The Morgan fingerprint density at radius 1 is 1.30 bits per heavy atom. The van der Waals surface area contributed by atoms with Crippen molar-refractivity contribution in [3.63, 3.8) is 0 Å². The largest absolute Gasteiger partial charge is 0.384 e. The minimum Gasteiger partial charge on any atom is -0.384 e. The molecule has 0 radical (unpaired) electrons. The Hall–Kier alpha value is -1.14. The van der Waals surface area contributed by atoms with Crippen LogP contribution in [0.2, 0.25) is 0 Å². The molecule has 1 N–H and O–H groups in total. The van der Waals surface area contributed by atoms with E-state index in [2.05, 4.69) is 5.32 Å². The summed E-state index contributed by atoms with van der Waals surface area (Å²) in [5.74, 6) is -0.0192. The second kappa shape index (κ2) is 7.59. The van der Waals surface area contributed by atoms with Gasteiger partial charge >= 0.3 is 0 Å². The number of hydrogen-bond donors (Lipinski definition) is 1. The van der Waals surface area contributed by atoms with E-state index in [1.807, 2.05) is 13.8 Å². The first-order chi connectivity index (χ1) is 9.50. The van der Waals surface area contributed by atoms with Crippen molar-refractivity contribution in [2.75, 3.05) is 53.5 Å². The molecule has 1 fully saturated rings. The highest BCUT2D eigenvalue weighted by molar-refractivity contribution is 5.88. The fourth-order valence-electron chi connectivity index (χ4n) is 2.74. The number of methoxy groups -OCH3 is 1. The van der Waals surface area contributed by atoms with Crippen LogP contribution in [0.5, 0.6) is 0 Å². The first-order valence-electron chi connectivity index (χ1n) is 7.23. The standard InChI is InChI=1S/C14H27N3O3/c1-5-17(6-2)12(18)9-16(3)13(19)14(11-20-4)7-8-15-10-14/h15H,5-11H2,1-4H3. The highest BCUT2D eigenvalue weighted by Crippen LogP contribution is 2.28. The van der Waals surface area contributed by atoms with Crippen molar-refractivity contribution in [3.05, 3.63) is 0 Å². The van der Waals surface area contributed by atoms with Gasteiger partial charge in [0.15, 0.2) is 0 Å². The van der Waals surface area contributed by atoms with Gasteiger partial charge in [-0.2, -0.15) is 0 Å². The Labute approximate surface area is 121 Å². The van der Waals surface area contributed by atoms with Crippen LogP contribution in [-0.2, 0) is 14.3 Å².